The molecule has 0 amide bonds. The van der Waals surface area contributed by atoms with Crippen LogP contribution in [0.2, 0.25) is 0 Å². The third-order valence-corrected chi connectivity index (χ3v) is 0.948. The van der Waals surface area contributed by atoms with E-state index in [1.165, 1.54) is 6.08 Å². The van der Waals surface area contributed by atoms with Gasteiger partial charge in [-0.2, -0.15) is 0 Å². The lowest BCUT2D eigenvalue weighted by atomic mass is 10.2. The number of rotatable bonds is 4. The van der Waals surface area contributed by atoms with Crippen LogP contribution in [0.4, 0.5) is 0 Å². The molecule has 52 valence electrons. The molecule has 0 saturated carbocycles. The number of ether oxygens (including phenoxy) is 1. The highest BCUT2D eigenvalue weighted by Crippen LogP contribution is 1.94. The summed E-state index contributed by atoms with van der Waals surface area (Å²) in [5, 5.41) is 0. The Morgan fingerprint density at radius 2 is 2.33 bits per heavy atom. The number of carbonyl (C=O) groups is 1. The van der Waals surface area contributed by atoms with E-state index < -0.39 is 0 Å². The Morgan fingerprint density at radius 3 is 2.78 bits per heavy atom. The SMILES string of the molecule is COCC(C)/C=C/C=O. The van der Waals surface area contributed by atoms with Crippen molar-refractivity contribution in [2.45, 2.75) is 6.92 Å². The molecular weight excluding hydrogens is 116 g/mol. The molecular formula is C7H12O2. The van der Waals surface area contributed by atoms with E-state index in [9.17, 15) is 4.79 Å². The number of hydrogen-bond donors (Lipinski definition) is 0. The molecule has 0 aromatic heterocycles. The summed E-state index contributed by atoms with van der Waals surface area (Å²) in [5.74, 6) is 0.334. The van der Waals surface area contributed by atoms with Crippen LogP contribution in [-0.4, -0.2) is 20.0 Å². The highest BCUT2D eigenvalue weighted by molar-refractivity contribution is 5.64. The first-order valence-electron chi connectivity index (χ1n) is 2.92. The zero-order valence-corrected chi connectivity index (χ0v) is 5.83. The summed E-state index contributed by atoms with van der Waals surface area (Å²) in [7, 11) is 1.64. The third-order valence-electron chi connectivity index (χ3n) is 0.948. The predicted molar refractivity (Wildman–Crippen MR) is 36.2 cm³/mol. The Morgan fingerprint density at radius 1 is 1.67 bits per heavy atom. The minimum atomic E-state index is 0.334. The van der Waals surface area contributed by atoms with Crippen LogP contribution in [0, 0.1) is 5.92 Å². The molecule has 0 rings (SSSR count). The summed E-state index contributed by atoms with van der Waals surface area (Å²) in [6.45, 7) is 2.66. The topological polar surface area (TPSA) is 26.3 Å². The Labute approximate surface area is 55.5 Å². The highest BCUT2D eigenvalue weighted by Gasteiger charge is 1.91. The summed E-state index contributed by atoms with van der Waals surface area (Å²) >= 11 is 0. The lowest BCUT2D eigenvalue weighted by molar-refractivity contribution is -0.104. The van der Waals surface area contributed by atoms with Gasteiger partial charge in [0.2, 0.25) is 0 Å². The van der Waals surface area contributed by atoms with Crippen molar-refractivity contribution in [3.63, 3.8) is 0 Å². The first-order chi connectivity index (χ1) is 4.31. The van der Waals surface area contributed by atoms with Crippen molar-refractivity contribution in [2.75, 3.05) is 13.7 Å². The van der Waals surface area contributed by atoms with Gasteiger partial charge >= 0.3 is 0 Å². The summed E-state index contributed by atoms with van der Waals surface area (Å²) in [4.78, 5) is 9.79. The minimum Gasteiger partial charge on any atom is -0.384 e. The number of hydrogen-bond acceptors (Lipinski definition) is 2. The maximum Gasteiger partial charge on any atom is 0.142 e. The van der Waals surface area contributed by atoms with Crippen LogP contribution < -0.4 is 0 Å². The quantitative estimate of drug-likeness (QED) is 0.417. The van der Waals surface area contributed by atoms with Crippen LogP contribution in [-0.2, 0) is 9.53 Å². The van der Waals surface area contributed by atoms with Crippen molar-refractivity contribution in [1.82, 2.24) is 0 Å². The maximum atomic E-state index is 9.79. The molecule has 1 unspecified atom stereocenters. The molecule has 0 aliphatic carbocycles. The monoisotopic (exact) mass is 128 g/mol. The van der Waals surface area contributed by atoms with Gasteiger partial charge in [0, 0.05) is 7.11 Å². The Hall–Kier alpha value is -0.630. The molecule has 0 heterocycles. The predicted octanol–water partition coefficient (Wildman–Crippen LogP) is 1.02. The van der Waals surface area contributed by atoms with Gasteiger partial charge in [-0.3, -0.25) is 4.79 Å². The molecule has 0 N–H and O–H groups in total. The van der Waals surface area contributed by atoms with Crippen LogP contribution in [0.3, 0.4) is 0 Å². The first kappa shape index (κ1) is 8.37. The second-order valence-corrected chi connectivity index (χ2v) is 1.95. The van der Waals surface area contributed by atoms with Crippen LogP contribution in [0.25, 0.3) is 0 Å². The van der Waals surface area contributed by atoms with Gasteiger partial charge in [-0.05, 0) is 12.0 Å². The van der Waals surface area contributed by atoms with Crippen LogP contribution in [0.15, 0.2) is 12.2 Å². The number of allylic oxidation sites excluding steroid dienone is 1. The molecule has 0 saturated heterocycles. The van der Waals surface area contributed by atoms with Gasteiger partial charge in [-0.1, -0.05) is 13.0 Å². The molecule has 0 aliphatic rings. The van der Waals surface area contributed by atoms with E-state index in [-0.39, 0.29) is 0 Å². The largest absolute Gasteiger partial charge is 0.384 e. The van der Waals surface area contributed by atoms with Crippen molar-refractivity contribution < 1.29 is 9.53 Å². The van der Waals surface area contributed by atoms with Gasteiger partial charge in [0.1, 0.15) is 6.29 Å². The second kappa shape index (κ2) is 5.51. The van der Waals surface area contributed by atoms with Crippen molar-refractivity contribution in [3.8, 4) is 0 Å². The van der Waals surface area contributed by atoms with E-state index in [4.69, 9.17) is 4.74 Å². The van der Waals surface area contributed by atoms with E-state index in [1.807, 2.05) is 13.0 Å². The van der Waals surface area contributed by atoms with Gasteiger partial charge < -0.3 is 4.74 Å². The van der Waals surface area contributed by atoms with Gasteiger partial charge in [0.25, 0.3) is 0 Å². The van der Waals surface area contributed by atoms with Crippen molar-refractivity contribution in [3.05, 3.63) is 12.2 Å². The molecule has 2 heteroatoms. The van der Waals surface area contributed by atoms with Crippen LogP contribution in [0.5, 0.6) is 0 Å². The Balaban J connectivity index is 3.35. The first-order valence-corrected chi connectivity index (χ1v) is 2.92. The van der Waals surface area contributed by atoms with Gasteiger partial charge in [-0.15, -0.1) is 0 Å². The standard InChI is InChI=1S/C7H12O2/c1-7(6-9-2)4-3-5-8/h3-5,7H,6H2,1-2H3/b4-3+. The second-order valence-electron chi connectivity index (χ2n) is 1.95. The van der Waals surface area contributed by atoms with Gasteiger partial charge in [-0.25, -0.2) is 0 Å². The van der Waals surface area contributed by atoms with Crippen molar-refractivity contribution in [1.29, 1.82) is 0 Å². The van der Waals surface area contributed by atoms with Gasteiger partial charge in [0.05, 0.1) is 6.61 Å². The molecule has 0 fully saturated rings. The fraction of sp³-hybridized carbons (Fsp3) is 0.571. The average molecular weight is 128 g/mol. The van der Waals surface area contributed by atoms with Crippen LogP contribution in [0.1, 0.15) is 6.92 Å². The normalized spacial score (nSPS) is 14.0. The molecule has 2 nitrogen and oxygen atoms in total. The molecule has 1 atom stereocenters. The molecule has 0 bridgehead atoms. The molecule has 0 aromatic carbocycles. The fourth-order valence-electron chi connectivity index (χ4n) is 0.553. The van der Waals surface area contributed by atoms with E-state index in [0.717, 1.165) is 6.29 Å². The summed E-state index contributed by atoms with van der Waals surface area (Å²) in [6.07, 6.45) is 4.08. The molecule has 0 aliphatic heterocycles. The lowest BCUT2D eigenvalue weighted by Crippen LogP contribution is -1.98. The van der Waals surface area contributed by atoms with E-state index in [0.29, 0.717) is 12.5 Å². The number of carbonyl (C=O) groups excluding carboxylic acids is 1. The van der Waals surface area contributed by atoms with E-state index >= 15 is 0 Å². The molecule has 0 spiro atoms. The summed E-state index contributed by atoms with van der Waals surface area (Å²) in [5.41, 5.74) is 0. The van der Waals surface area contributed by atoms with Crippen molar-refractivity contribution in [2.24, 2.45) is 5.92 Å². The smallest absolute Gasteiger partial charge is 0.142 e. The zero-order valence-electron chi connectivity index (χ0n) is 5.83. The Kier molecular flexibility index (Phi) is 5.12. The van der Waals surface area contributed by atoms with Crippen LogP contribution >= 0.6 is 0 Å². The lowest BCUT2D eigenvalue weighted by Gasteiger charge is -2.00. The zero-order chi connectivity index (χ0) is 7.11. The fourth-order valence-corrected chi connectivity index (χ4v) is 0.553. The summed E-state index contributed by atoms with van der Waals surface area (Å²) in [6, 6.07) is 0. The Bertz CT molecular complexity index is 97.1. The number of methoxy groups -OCH3 is 1. The number of aldehydes is 1. The van der Waals surface area contributed by atoms with Gasteiger partial charge in [0.15, 0.2) is 0 Å². The molecule has 9 heavy (non-hydrogen) atoms. The minimum absolute atomic E-state index is 0.334. The van der Waals surface area contributed by atoms with E-state index in [2.05, 4.69) is 0 Å². The average Bonchev–Trinajstić information content (AvgIpc) is 1.85. The molecule has 0 radical (unpaired) electrons. The molecule has 0 aromatic rings. The maximum absolute atomic E-state index is 9.79. The summed E-state index contributed by atoms with van der Waals surface area (Å²) < 4.78 is 4.83. The van der Waals surface area contributed by atoms with E-state index in [1.54, 1.807) is 7.11 Å². The highest BCUT2D eigenvalue weighted by atomic mass is 16.5. The third kappa shape index (κ3) is 5.24. The van der Waals surface area contributed by atoms with Crippen molar-refractivity contribution >= 4 is 6.29 Å².